The van der Waals surface area contributed by atoms with Gasteiger partial charge in [-0.25, -0.2) is 18.1 Å². The lowest BCUT2D eigenvalue weighted by Crippen LogP contribution is -2.24. The molecule has 1 amide bonds. The highest BCUT2D eigenvalue weighted by Gasteiger charge is 2.34. The zero-order valence-corrected chi connectivity index (χ0v) is 22.8. The third-order valence-corrected chi connectivity index (χ3v) is 7.05. The molecule has 3 heterocycles. The number of halogens is 3. The molecule has 5 aromatic rings. The molecule has 0 radical (unpaired) electrons. The van der Waals surface area contributed by atoms with Crippen molar-refractivity contribution in [3.05, 3.63) is 95.8 Å². The van der Waals surface area contributed by atoms with Crippen molar-refractivity contribution in [1.29, 1.82) is 0 Å². The van der Waals surface area contributed by atoms with E-state index in [1.165, 1.54) is 23.0 Å². The number of rotatable bonds is 8. The molecule has 0 aliphatic heterocycles. The SMILES string of the molecule is Cn1ccc(-c2cc(C(=O)Nc3c(-c4ccccc4)nc4cc(CCNS(C)(=O)=O)ccn34)ccc2C(F)(F)F)n1. The topological polar surface area (TPSA) is 110 Å². The number of aromatic nitrogens is 4. The van der Waals surface area contributed by atoms with Crippen LogP contribution in [0.2, 0.25) is 0 Å². The van der Waals surface area contributed by atoms with E-state index in [9.17, 15) is 26.4 Å². The van der Waals surface area contributed by atoms with Crippen LogP contribution >= 0.6 is 0 Å². The molecule has 2 aromatic carbocycles. The Balaban J connectivity index is 1.53. The Bertz CT molecular complexity index is 1850. The van der Waals surface area contributed by atoms with Crippen molar-refractivity contribution in [2.24, 2.45) is 7.05 Å². The number of fused-ring (bicyclic) bond motifs is 1. The van der Waals surface area contributed by atoms with Crippen molar-refractivity contribution in [1.82, 2.24) is 23.9 Å². The molecule has 5 rings (SSSR count). The average Bonchev–Trinajstić information content (AvgIpc) is 3.51. The molecule has 2 N–H and O–H groups in total. The molecule has 9 nitrogen and oxygen atoms in total. The highest BCUT2D eigenvalue weighted by atomic mass is 32.2. The van der Waals surface area contributed by atoms with Crippen molar-refractivity contribution in [2.75, 3.05) is 18.1 Å². The third kappa shape index (κ3) is 6.31. The summed E-state index contributed by atoms with van der Waals surface area (Å²) in [6, 6.07) is 17.3. The Morgan fingerprint density at radius 1 is 1.00 bits per heavy atom. The van der Waals surface area contributed by atoms with E-state index in [0.717, 1.165) is 24.0 Å². The first-order chi connectivity index (χ1) is 19.4. The van der Waals surface area contributed by atoms with Gasteiger partial charge in [0.25, 0.3) is 5.91 Å². The van der Waals surface area contributed by atoms with E-state index in [1.807, 2.05) is 30.3 Å². The second kappa shape index (κ2) is 10.8. The number of aryl methyl sites for hydroxylation is 1. The van der Waals surface area contributed by atoms with Crippen LogP contribution in [0.1, 0.15) is 21.5 Å². The number of sulfonamides is 1. The van der Waals surface area contributed by atoms with Crippen LogP contribution in [-0.4, -0.2) is 46.3 Å². The number of amides is 1. The molecule has 41 heavy (non-hydrogen) atoms. The number of alkyl halides is 3. The average molecular weight is 583 g/mol. The standard InChI is InChI=1S/C28H25F3N6O3S/c1-36-14-12-23(35-36)21-17-20(8-9-22(21)28(29,30)31)27(38)34-26-25(19-6-4-3-5-7-19)33-24-16-18(11-15-37(24)26)10-13-32-41(2,39)40/h3-9,11-12,14-17,32H,10,13H2,1-2H3,(H,34,38). The Labute approximate surface area is 233 Å². The fourth-order valence-corrected chi connectivity index (χ4v) is 4.90. The highest BCUT2D eigenvalue weighted by Crippen LogP contribution is 2.37. The minimum Gasteiger partial charge on any atom is -0.306 e. The lowest BCUT2D eigenvalue weighted by atomic mass is 10.0. The first kappa shape index (κ1) is 28.1. The van der Waals surface area contributed by atoms with E-state index in [2.05, 4.69) is 15.1 Å². The van der Waals surface area contributed by atoms with E-state index in [-0.39, 0.29) is 23.4 Å². The van der Waals surface area contributed by atoms with Crippen LogP contribution in [0.25, 0.3) is 28.2 Å². The number of anilines is 1. The quantitative estimate of drug-likeness (QED) is 0.274. The van der Waals surface area contributed by atoms with Crippen molar-refractivity contribution >= 4 is 27.4 Å². The Morgan fingerprint density at radius 2 is 1.76 bits per heavy atom. The zero-order chi connectivity index (χ0) is 29.4. The van der Waals surface area contributed by atoms with Crippen LogP contribution in [0.5, 0.6) is 0 Å². The lowest BCUT2D eigenvalue weighted by molar-refractivity contribution is -0.137. The number of carbonyl (C=O) groups is 1. The van der Waals surface area contributed by atoms with E-state index >= 15 is 0 Å². The molecule has 0 aliphatic rings. The molecular formula is C28H25F3N6O3S. The number of carbonyl (C=O) groups excluding carboxylic acids is 1. The Hall–Kier alpha value is -4.49. The molecule has 0 saturated heterocycles. The molecule has 13 heteroatoms. The van der Waals surface area contributed by atoms with Gasteiger partial charge in [-0.15, -0.1) is 0 Å². The summed E-state index contributed by atoms with van der Waals surface area (Å²) in [5.41, 5.74) is 1.49. The van der Waals surface area contributed by atoms with Gasteiger partial charge in [0.15, 0.2) is 0 Å². The van der Waals surface area contributed by atoms with Gasteiger partial charge in [0.05, 0.1) is 17.5 Å². The van der Waals surface area contributed by atoms with Crippen molar-refractivity contribution in [3.8, 4) is 22.5 Å². The summed E-state index contributed by atoms with van der Waals surface area (Å²) in [5, 5.41) is 6.94. The molecule has 0 fully saturated rings. The van der Waals surface area contributed by atoms with E-state index in [1.54, 1.807) is 29.8 Å². The van der Waals surface area contributed by atoms with Crippen molar-refractivity contribution in [3.63, 3.8) is 0 Å². The molecular weight excluding hydrogens is 557 g/mol. The van der Waals surface area contributed by atoms with Gasteiger partial charge in [0, 0.05) is 42.7 Å². The number of hydrogen-bond acceptors (Lipinski definition) is 5. The molecule has 0 spiro atoms. The maximum Gasteiger partial charge on any atom is 0.417 e. The number of benzene rings is 2. The number of nitrogens with zero attached hydrogens (tertiary/aromatic N) is 4. The fourth-order valence-electron chi connectivity index (χ4n) is 4.42. The summed E-state index contributed by atoms with van der Waals surface area (Å²) < 4.78 is 69.6. The van der Waals surface area contributed by atoms with Gasteiger partial charge < -0.3 is 5.32 Å². The predicted molar refractivity (Wildman–Crippen MR) is 149 cm³/mol. The first-order valence-electron chi connectivity index (χ1n) is 12.4. The summed E-state index contributed by atoms with van der Waals surface area (Å²) in [6.45, 7) is 0.206. The first-order valence-corrected chi connectivity index (χ1v) is 14.3. The number of nitrogens with one attached hydrogen (secondary N) is 2. The van der Waals surface area contributed by atoms with Crippen molar-refractivity contribution in [2.45, 2.75) is 12.6 Å². The monoisotopic (exact) mass is 582 g/mol. The molecule has 0 atom stereocenters. The summed E-state index contributed by atoms with van der Waals surface area (Å²) in [6.07, 6.45) is 0.0889. The van der Waals surface area contributed by atoms with Crippen LogP contribution in [0.3, 0.4) is 0 Å². The molecule has 0 aliphatic carbocycles. The van der Waals surface area contributed by atoms with Gasteiger partial charge in [-0.3, -0.25) is 13.9 Å². The third-order valence-electron chi connectivity index (χ3n) is 6.32. The van der Waals surface area contributed by atoms with Crippen LogP contribution in [-0.2, 0) is 29.7 Å². The number of hydrogen-bond donors (Lipinski definition) is 2. The highest BCUT2D eigenvalue weighted by molar-refractivity contribution is 7.88. The molecule has 0 bridgehead atoms. The molecule has 0 unspecified atom stereocenters. The predicted octanol–water partition coefficient (Wildman–Crippen LogP) is 4.76. The largest absolute Gasteiger partial charge is 0.417 e. The maximum absolute atomic E-state index is 13.8. The van der Waals surface area contributed by atoms with Crippen LogP contribution in [0.15, 0.2) is 79.1 Å². The minimum absolute atomic E-state index is 0.0103. The van der Waals surface area contributed by atoms with Crippen LogP contribution in [0, 0.1) is 0 Å². The molecule has 0 saturated carbocycles. The second-order valence-corrected chi connectivity index (χ2v) is 11.3. The number of pyridine rings is 1. The zero-order valence-electron chi connectivity index (χ0n) is 22.0. The van der Waals surface area contributed by atoms with Gasteiger partial charge in [-0.05, 0) is 48.4 Å². The van der Waals surface area contributed by atoms with Gasteiger partial charge in [-0.2, -0.15) is 18.3 Å². The van der Waals surface area contributed by atoms with Gasteiger partial charge >= 0.3 is 6.18 Å². The lowest BCUT2D eigenvalue weighted by Gasteiger charge is -2.14. The summed E-state index contributed by atoms with van der Waals surface area (Å²) in [7, 11) is -1.74. The second-order valence-electron chi connectivity index (χ2n) is 9.44. The van der Waals surface area contributed by atoms with Crippen LogP contribution in [0.4, 0.5) is 19.0 Å². The van der Waals surface area contributed by atoms with Crippen LogP contribution < -0.4 is 10.0 Å². The fraction of sp³-hybridized carbons (Fsp3) is 0.179. The molecule has 212 valence electrons. The van der Waals surface area contributed by atoms with Gasteiger partial charge in [0.2, 0.25) is 10.0 Å². The summed E-state index contributed by atoms with van der Waals surface area (Å²) >= 11 is 0. The minimum atomic E-state index is -4.64. The maximum atomic E-state index is 13.8. The van der Waals surface area contributed by atoms with Gasteiger partial charge in [-0.1, -0.05) is 30.3 Å². The summed E-state index contributed by atoms with van der Waals surface area (Å²) in [5.74, 6) is -0.299. The van der Waals surface area contributed by atoms with E-state index < -0.39 is 27.7 Å². The summed E-state index contributed by atoms with van der Waals surface area (Å²) in [4.78, 5) is 18.2. The Kier molecular flexibility index (Phi) is 7.41. The van der Waals surface area contributed by atoms with Gasteiger partial charge in [0.1, 0.15) is 17.2 Å². The van der Waals surface area contributed by atoms with E-state index in [4.69, 9.17) is 4.98 Å². The van der Waals surface area contributed by atoms with E-state index in [0.29, 0.717) is 29.1 Å². The molecule has 3 aromatic heterocycles. The Morgan fingerprint density at radius 3 is 2.41 bits per heavy atom. The number of imidazole rings is 1. The normalized spacial score (nSPS) is 12.1. The smallest absolute Gasteiger partial charge is 0.306 e. The van der Waals surface area contributed by atoms with Crippen molar-refractivity contribution < 1.29 is 26.4 Å².